The van der Waals surface area contributed by atoms with Gasteiger partial charge < -0.3 is 9.84 Å². The minimum atomic E-state index is -0.145. The Kier molecular flexibility index (Phi) is 4.83. The smallest absolute Gasteiger partial charge is 0.274 e. The van der Waals surface area contributed by atoms with Gasteiger partial charge in [-0.15, -0.1) is 0 Å². The number of methoxy groups -OCH3 is 1. The van der Waals surface area contributed by atoms with E-state index in [1.807, 2.05) is 12.1 Å². The SMILES string of the molecule is CCc1cccc(-c2cn3c(=O)/c(=C/c4cc(Cl)c(O)c(OC)c4)sc3n2)c1. The molecule has 5 nitrogen and oxygen atoms in total. The van der Waals surface area contributed by atoms with Crippen LogP contribution < -0.4 is 14.8 Å². The number of rotatable bonds is 4. The summed E-state index contributed by atoms with van der Waals surface area (Å²) in [4.78, 5) is 18.0. The van der Waals surface area contributed by atoms with Crippen molar-refractivity contribution < 1.29 is 9.84 Å². The number of aromatic nitrogens is 2. The lowest BCUT2D eigenvalue weighted by Crippen LogP contribution is -2.22. The molecular formula is C21H17ClN2O3S. The van der Waals surface area contributed by atoms with Crippen molar-refractivity contribution in [1.29, 1.82) is 0 Å². The molecule has 0 aliphatic carbocycles. The first kappa shape index (κ1) is 18.5. The summed E-state index contributed by atoms with van der Waals surface area (Å²) in [6, 6.07) is 11.4. The molecule has 142 valence electrons. The summed E-state index contributed by atoms with van der Waals surface area (Å²) in [5.41, 5.74) is 3.52. The third-order valence-electron chi connectivity index (χ3n) is 4.50. The second-order valence-corrected chi connectivity index (χ2v) is 7.72. The monoisotopic (exact) mass is 412 g/mol. The van der Waals surface area contributed by atoms with Gasteiger partial charge in [0.2, 0.25) is 0 Å². The molecule has 2 heterocycles. The number of ether oxygens (including phenoxy) is 1. The molecule has 0 spiro atoms. The van der Waals surface area contributed by atoms with Gasteiger partial charge in [-0.25, -0.2) is 4.98 Å². The average molecular weight is 413 g/mol. The maximum absolute atomic E-state index is 12.8. The Morgan fingerprint density at radius 1 is 1.32 bits per heavy atom. The van der Waals surface area contributed by atoms with Crippen LogP contribution in [-0.2, 0) is 6.42 Å². The van der Waals surface area contributed by atoms with Crippen molar-refractivity contribution in [3.8, 4) is 22.8 Å². The molecule has 4 rings (SSSR count). The first-order valence-electron chi connectivity index (χ1n) is 8.69. The summed E-state index contributed by atoms with van der Waals surface area (Å²) >= 11 is 7.34. The van der Waals surface area contributed by atoms with E-state index in [1.54, 1.807) is 28.8 Å². The number of phenols is 1. The van der Waals surface area contributed by atoms with Crippen LogP contribution in [0.5, 0.6) is 11.5 Å². The van der Waals surface area contributed by atoms with E-state index < -0.39 is 0 Å². The van der Waals surface area contributed by atoms with Crippen molar-refractivity contribution in [2.75, 3.05) is 7.11 Å². The van der Waals surface area contributed by atoms with E-state index in [0.717, 1.165) is 17.7 Å². The third kappa shape index (κ3) is 3.25. The molecule has 7 heteroatoms. The molecule has 0 aliphatic rings. The topological polar surface area (TPSA) is 63.8 Å². The van der Waals surface area contributed by atoms with Crippen molar-refractivity contribution in [2.24, 2.45) is 0 Å². The zero-order valence-electron chi connectivity index (χ0n) is 15.3. The molecule has 1 N–H and O–H groups in total. The van der Waals surface area contributed by atoms with Gasteiger partial charge in [0.1, 0.15) is 0 Å². The lowest BCUT2D eigenvalue weighted by atomic mass is 10.1. The highest BCUT2D eigenvalue weighted by molar-refractivity contribution is 7.15. The maximum Gasteiger partial charge on any atom is 0.274 e. The standard InChI is InChI=1S/C21H17ClN2O3S/c1-3-12-5-4-6-14(7-12)16-11-24-20(26)18(28-21(24)23-16)10-13-8-15(22)19(25)17(9-13)27-2/h4-11,25H,3H2,1-2H3/b18-10-. The first-order chi connectivity index (χ1) is 13.5. The Bertz CT molecular complexity index is 1290. The highest BCUT2D eigenvalue weighted by atomic mass is 35.5. The van der Waals surface area contributed by atoms with Crippen LogP contribution >= 0.6 is 22.9 Å². The van der Waals surface area contributed by atoms with Crippen LogP contribution in [-0.4, -0.2) is 21.6 Å². The number of imidazole rings is 1. The molecule has 0 bridgehead atoms. The number of phenolic OH excluding ortho intramolecular Hbond substituents is 1. The van der Waals surface area contributed by atoms with E-state index in [-0.39, 0.29) is 22.1 Å². The molecule has 0 fully saturated rings. The molecule has 28 heavy (non-hydrogen) atoms. The number of fused-ring (bicyclic) bond motifs is 1. The van der Waals surface area contributed by atoms with Gasteiger partial charge in [-0.05, 0) is 41.8 Å². The fraction of sp³-hybridized carbons (Fsp3) is 0.143. The summed E-state index contributed by atoms with van der Waals surface area (Å²) in [6.45, 7) is 2.10. The second-order valence-electron chi connectivity index (χ2n) is 6.30. The van der Waals surface area contributed by atoms with Gasteiger partial charge in [0.05, 0.1) is 22.4 Å². The molecule has 0 unspecified atom stereocenters. The number of halogens is 1. The lowest BCUT2D eigenvalue weighted by Gasteiger charge is -2.05. The van der Waals surface area contributed by atoms with Gasteiger partial charge in [0, 0.05) is 11.8 Å². The van der Waals surface area contributed by atoms with Crippen LogP contribution in [0.3, 0.4) is 0 Å². The van der Waals surface area contributed by atoms with Crippen LogP contribution in [0.4, 0.5) is 0 Å². The summed E-state index contributed by atoms with van der Waals surface area (Å²) in [5.74, 6) is 0.134. The van der Waals surface area contributed by atoms with Crippen molar-refractivity contribution in [1.82, 2.24) is 9.38 Å². The Hall–Kier alpha value is -2.83. The highest BCUT2D eigenvalue weighted by Gasteiger charge is 2.12. The molecule has 2 aromatic heterocycles. The number of thiazole rings is 1. The molecule has 0 saturated carbocycles. The maximum atomic E-state index is 12.8. The Labute approximate surface area is 170 Å². The summed E-state index contributed by atoms with van der Waals surface area (Å²) in [5, 5.41) is 10.0. The predicted octanol–water partition coefficient (Wildman–Crippen LogP) is 3.90. The molecule has 0 aliphatic heterocycles. The van der Waals surface area contributed by atoms with Crippen LogP contribution in [0.15, 0.2) is 47.4 Å². The number of aromatic hydroxyl groups is 1. The van der Waals surface area contributed by atoms with Crippen LogP contribution in [0, 0.1) is 0 Å². The van der Waals surface area contributed by atoms with Gasteiger partial charge in [0.25, 0.3) is 5.56 Å². The zero-order valence-corrected chi connectivity index (χ0v) is 16.8. The van der Waals surface area contributed by atoms with Gasteiger partial charge >= 0.3 is 0 Å². The fourth-order valence-corrected chi connectivity index (χ4v) is 4.18. The van der Waals surface area contributed by atoms with Gasteiger partial charge in [-0.2, -0.15) is 0 Å². The van der Waals surface area contributed by atoms with Crippen LogP contribution in [0.2, 0.25) is 5.02 Å². The molecule has 0 amide bonds. The number of benzene rings is 2. The van der Waals surface area contributed by atoms with Gasteiger partial charge in [-0.3, -0.25) is 9.20 Å². The van der Waals surface area contributed by atoms with E-state index in [0.29, 0.717) is 15.1 Å². The van der Waals surface area contributed by atoms with Crippen molar-refractivity contribution in [2.45, 2.75) is 13.3 Å². The quantitative estimate of drug-likeness (QED) is 0.552. The molecule has 0 radical (unpaired) electrons. The molecule has 4 aromatic rings. The normalized spacial score (nSPS) is 12.0. The van der Waals surface area contributed by atoms with E-state index in [2.05, 4.69) is 24.0 Å². The number of aryl methyl sites for hydroxylation is 1. The third-order valence-corrected chi connectivity index (χ3v) is 5.77. The van der Waals surface area contributed by atoms with Gasteiger partial charge in [-0.1, -0.05) is 48.1 Å². The summed E-state index contributed by atoms with van der Waals surface area (Å²) < 4.78 is 7.20. The summed E-state index contributed by atoms with van der Waals surface area (Å²) in [6.07, 6.45) is 4.43. The van der Waals surface area contributed by atoms with Crippen LogP contribution in [0.1, 0.15) is 18.1 Å². The number of nitrogens with zero attached hydrogens (tertiary/aromatic N) is 2. The largest absolute Gasteiger partial charge is 0.503 e. The number of hydrogen-bond acceptors (Lipinski definition) is 5. The molecule has 0 saturated heterocycles. The highest BCUT2D eigenvalue weighted by Crippen LogP contribution is 2.35. The minimum absolute atomic E-state index is 0.122. The molecular weight excluding hydrogens is 396 g/mol. The number of hydrogen-bond donors (Lipinski definition) is 1. The second kappa shape index (κ2) is 7.30. The van der Waals surface area contributed by atoms with E-state index in [4.69, 9.17) is 16.3 Å². The fourth-order valence-electron chi connectivity index (χ4n) is 3.01. The Balaban J connectivity index is 1.79. The zero-order chi connectivity index (χ0) is 19.8. The van der Waals surface area contributed by atoms with Crippen molar-refractivity contribution >= 4 is 34.0 Å². The summed E-state index contributed by atoms with van der Waals surface area (Å²) in [7, 11) is 1.45. The van der Waals surface area contributed by atoms with Gasteiger partial charge in [0.15, 0.2) is 16.5 Å². The van der Waals surface area contributed by atoms with E-state index in [9.17, 15) is 9.90 Å². The minimum Gasteiger partial charge on any atom is -0.503 e. The van der Waals surface area contributed by atoms with Crippen molar-refractivity contribution in [3.63, 3.8) is 0 Å². The predicted molar refractivity (Wildman–Crippen MR) is 113 cm³/mol. The lowest BCUT2D eigenvalue weighted by molar-refractivity contribution is 0.373. The molecule has 2 aromatic carbocycles. The molecule has 0 atom stereocenters. The van der Waals surface area contributed by atoms with Crippen molar-refractivity contribution in [3.05, 3.63) is 73.6 Å². The Morgan fingerprint density at radius 3 is 2.86 bits per heavy atom. The van der Waals surface area contributed by atoms with Crippen LogP contribution in [0.25, 0.3) is 22.3 Å². The average Bonchev–Trinajstić information content (AvgIpc) is 3.24. The van der Waals surface area contributed by atoms with E-state index in [1.165, 1.54) is 24.0 Å². The Morgan fingerprint density at radius 2 is 2.14 bits per heavy atom. The van der Waals surface area contributed by atoms with E-state index >= 15 is 0 Å². The first-order valence-corrected chi connectivity index (χ1v) is 9.89.